The summed E-state index contributed by atoms with van der Waals surface area (Å²) in [6.07, 6.45) is 0. The van der Waals surface area contributed by atoms with Gasteiger partial charge in [0, 0.05) is 12.7 Å². The van der Waals surface area contributed by atoms with Crippen LogP contribution in [0.25, 0.3) is 0 Å². The van der Waals surface area contributed by atoms with E-state index in [9.17, 15) is 9.59 Å². The molecular formula is C25H28N4O2. The first kappa shape index (κ1) is 22.2. The third-order valence-electron chi connectivity index (χ3n) is 4.99. The van der Waals surface area contributed by atoms with Gasteiger partial charge in [0.1, 0.15) is 5.82 Å². The zero-order valence-corrected chi connectivity index (χ0v) is 18.2. The highest BCUT2D eigenvalue weighted by Crippen LogP contribution is 2.27. The zero-order valence-electron chi connectivity index (χ0n) is 18.2. The van der Waals surface area contributed by atoms with Crippen LogP contribution in [0.2, 0.25) is 0 Å². The van der Waals surface area contributed by atoms with Crippen LogP contribution in [0.4, 0.5) is 5.82 Å². The predicted octanol–water partition coefficient (Wildman–Crippen LogP) is 3.51. The van der Waals surface area contributed by atoms with Gasteiger partial charge in [0.25, 0.3) is 0 Å². The molecular weight excluding hydrogens is 388 g/mol. The van der Waals surface area contributed by atoms with Crippen molar-refractivity contribution in [3.05, 3.63) is 95.7 Å². The van der Waals surface area contributed by atoms with Crippen molar-refractivity contribution in [1.29, 1.82) is 0 Å². The van der Waals surface area contributed by atoms with Gasteiger partial charge < -0.3 is 10.2 Å². The molecule has 6 nitrogen and oxygen atoms in total. The van der Waals surface area contributed by atoms with E-state index >= 15 is 0 Å². The molecule has 160 valence electrons. The number of carbonyl (C=O) groups excluding carboxylic acids is 2. The Hall–Kier alpha value is -3.51. The lowest BCUT2D eigenvalue weighted by Gasteiger charge is -2.30. The van der Waals surface area contributed by atoms with Crippen molar-refractivity contribution in [3.8, 4) is 0 Å². The molecule has 0 saturated carbocycles. The van der Waals surface area contributed by atoms with E-state index < -0.39 is 0 Å². The molecule has 0 unspecified atom stereocenters. The van der Waals surface area contributed by atoms with E-state index in [-0.39, 0.29) is 30.9 Å². The predicted molar refractivity (Wildman–Crippen MR) is 123 cm³/mol. The Morgan fingerprint density at radius 3 is 1.97 bits per heavy atom. The molecule has 6 heteroatoms. The molecule has 31 heavy (non-hydrogen) atoms. The highest BCUT2D eigenvalue weighted by molar-refractivity contribution is 5.91. The van der Waals surface area contributed by atoms with Crippen LogP contribution in [-0.4, -0.2) is 53.8 Å². The van der Waals surface area contributed by atoms with E-state index in [0.717, 1.165) is 16.8 Å². The van der Waals surface area contributed by atoms with E-state index in [0.29, 0.717) is 5.82 Å². The molecule has 2 amide bonds. The number of nitrogens with one attached hydrogen (secondary N) is 1. The first-order valence-electron chi connectivity index (χ1n) is 10.2. The second kappa shape index (κ2) is 10.5. The van der Waals surface area contributed by atoms with Gasteiger partial charge in [-0.2, -0.15) is 0 Å². The molecule has 3 rings (SSSR count). The Labute approximate surface area is 183 Å². The van der Waals surface area contributed by atoms with Crippen molar-refractivity contribution in [3.63, 3.8) is 0 Å². The minimum atomic E-state index is -0.210. The Morgan fingerprint density at radius 2 is 1.42 bits per heavy atom. The number of hydrogen-bond donors (Lipinski definition) is 1. The second-order valence-electron chi connectivity index (χ2n) is 7.61. The summed E-state index contributed by atoms with van der Waals surface area (Å²) in [5, 5.41) is 2.77. The van der Waals surface area contributed by atoms with Crippen molar-refractivity contribution in [1.82, 2.24) is 14.8 Å². The smallest absolute Gasteiger partial charge is 0.239 e. The summed E-state index contributed by atoms with van der Waals surface area (Å²) in [5.41, 5.74) is 2.90. The van der Waals surface area contributed by atoms with Crippen molar-refractivity contribution in [2.24, 2.45) is 0 Å². The number of aromatic nitrogens is 1. The van der Waals surface area contributed by atoms with Crippen LogP contribution in [0.1, 0.15) is 22.9 Å². The fourth-order valence-electron chi connectivity index (χ4n) is 3.49. The van der Waals surface area contributed by atoms with Crippen molar-refractivity contribution >= 4 is 17.6 Å². The maximum Gasteiger partial charge on any atom is 0.239 e. The summed E-state index contributed by atoms with van der Waals surface area (Å²) in [7, 11) is 3.56. The minimum absolute atomic E-state index is 0.0679. The number of likely N-dealkylation sites (N-methyl/N-ethyl adjacent to an activating group) is 2. The van der Waals surface area contributed by atoms with E-state index in [2.05, 4.69) is 10.3 Å². The number of rotatable bonds is 8. The number of carbonyl (C=O) groups is 2. The minimum Gasteiger partial charge on any atom is -0.334 e. The lowest BCUT2D eigenvalue weighted by molar-refractivity contribution is -0.132. The van der Waals surface area contributed by atoms with Crippen LogP contribution in [0.15, 0.2) is 78.9 Å². The third-order valence-corrected chi connectivity index (χ3v) is 4.99. The number of pyridine rings is 1. The first-order valence-corrected chi connectivity index (χ1v) is 10.2. The largest absolute Gasteiger partial charge is 0.334 e. The molecule has 1 heterocycles. The Balaban J connectivity index is 1.65. The van der Waals surface area contributed by atoms with Crippen LogP contribution in [0.3, 0.4) is 0 Å². The molecule has 0 bridgehead atoms. The average Bonchev–Trinajstić information content (AvgIpc) is 2.75. The molecule has 3 aromatic rings. The summed E-state index contributed by atoms with van der Waals surface area (Å²) in [5.74, 6) is 0.232. The fourth-order valence-corrected chi connectivity index (χ4v) is 3.49. The number of anilines is 1. The van der Waals surface area contributed by atoms with E-state index in [4.69, 9.17) is 0 Å². The molecule has 0 fully saturated rings. The molecule has 1 aromatic heterocycles. The summed E-state index contributed by atoms with van der Waals surface area (Å²) in [6, 6.07) is 25.1. The zero-order chi connectivity index (χ0) is 22.2. The Kier molecular flexibility index (Phi) is 7.51. The van der Waals surface area contributed by atoms with Crippen LogP contribution in [-0.2, 0) is 9.59 Å². The summed E-state index contributed by atoms with van der Waals surface area (Å²) in [6.45, 7) is 2.09. The highest BCUT2D eigenvalue weighted by atomic mass is 16.2. The van der Waals surface area contributed by atoms with Gasteiger partial charge in [0.2, 0.25) is 11.8 Å². The van der Waals surface area contributed by atoms with Crippen LogP contribution < -0.4 is 5.32 Å². The topological polar surface area (TPSA) is 65.5 Å². The van der Waals surface area contributed by atoms with E-state index in [1.165, 1.54) is 0 Å². The van der Waals surface area contributed by atoms with Gasteiger partial charge in [0.05, 0.1) is 19.1 Å². The van der Waals surface area contributed by atoms with Crippen LogP contribution >= 0.6 is 0 Å². The van der Waals surface area contributed by atoms with Crippen LogP contribution in [0.5, 0.6) is 0 Å². The van der Waals surface area contributed by atoms with Gasteiger partial charge in [-0.05, 0) is 37.2 Å². The summed E-state index contributed by atoms with van der Waals surface area (Å²) in [4.78, 5) is 33.1. The first-order chi connectivity index (χ1) is 14.9. The molecule has 0 aliphatic heterocycles. The maximum atomic E-state index is 13.1. The molecule has 0 aliphatic rings. The van der Waals surface area contributed by atoms with E-state index in [1.807, 2.05) is 79.7 Å². The lowest BCUT2D eigenvalue weighted by atomic mass is 9.97. The fraction of sp³-hybridized carbons (Fsp3) is 0.240. The van der Waals surface area contributed by atoms with Gasteiger partial charge in [-0.15, -0.1) is 0 Å². The molecule has 2 aromatic carbocycles. The number of amides is 2. The number of nitrogens with zero attached hydrogens (tertiary/aromatic N) is 3. The molecule has 0 atom stereocenters. The second-order valence-corrected chi connectivity index (χ2v) is 7.61. The lowest BCUT2D eigenvalue weighted by Crippen LogP contribution is -2.41. The standard InChI is InChI=1S/C25H28N4O2/c1-19-11-10-16-22(26-19)27-23(30)17-28(2)18-24(31)29(3)25(20-12-6-4-7-13-20)21-14-8-5-9-15-21/h4-16,25H,17-18H2,1-3H3,(H,26,27,30). The Morgan fingerprint density at radius 1 is 0.839 bits per heavy atom. The van der Waals surface area contributed by atoms with Crippen molar-refractivity contribution < 1.29 is 9.59 Å². The molecule has 0 saturated heterocycles. The monoisotopic (exact) mass is 416 g/mol. The normalized spacial score (nSPS) is 10.9. The van der Waals surface area contributed by atoms with E-state index in [1.54, 1.807) is 30.0 Å². The third kappa shape index (κ3) is 6.23. The number of hydrogen-bond acceptors (Lipinski definition) is 4. The molecule has 1 N–H and O–H groups in total. The number of benzene rings is 2. The quantitative estimate of drug-likeness (QED) is 0.610. The van der Waals surface area contributed by atoms with Gasteiger partial charge >= 0.3 is 0 Å². The summed E-state index contributed by atoms with van der Waals surface area (Å²) < 4.78 is 0. The highest BCUT2D eigenvalue weighted by Gasteiger charge is 2.24. The van der Waals surface area contributed by atoms with Crippen molar-refractivity contribution in [2.75, 3.05) is 32.5 Å². The van der Waals surface area contributed by atoms with Crippen molar-refractivity contribution in [2.45, 2.75) is 13.0 Å². The Bertz CT molecular complexity index is 969. The molecule has 0 radical (unpaired) electrons. The SMILES string of the molecule is Cc1cccc(NC(=O)CN(C)CC(=O)N(C)C(c2ccccc2)c2ccccc2)n1. The molecule has 0 spiro atoms. The van der Waals surface area contributed by atoms with Gasteiger partial charge in [-0.25, -0.2) is 4.98 Å². The number of aryl methyl sites for hydroxylation is 1. The molecule has 0 aliphatic carbocycles. The maximum absolute atomic E-state index is 13.1. The van der Waals surface area contributed by atoms with Crippen LogP contribution in [0, 0.1) is 6.92 Å². The summed E-state index contributed by atoms with van der Waals surface area (Å²) >= 11 is 0. The van der Waals surface area contributed by atoms with Gasteiger partial charge in [0.15, 0.2) is 0 Å². The van der Waals surface area contributed by atoms with Gasteiger partial charge in [-0.3, -0.25) is 14.5 Å². The average molecular weight is 417 g/mol. The van der Waals surface area contributed by atoms with Gasteiger partial charge in [-0.1, -0.05) is 66.7 Å².